The summed E-state index contributed by atoms with van der Waals surface area (Å²) in [6.45, 7) is 2.67. The second-order valence-electron chi connectivity index (χ2n) is 3.82. The molecule has 0 aromatic heterocycles. The normalized spacial score (nSPS) is 11.9. The number of rotatable bonds is 7. The molecule has 0 aliphatic rings. The lowest BCUT2D eigenvalue weighted by atomic mass is 10.1. The number of carboxylic acids is 1. The van der Waals surface area contributed by atoms with Crippen LogP contribution in [0.4, 0.5) is 11.4 Å². The van der Waals surface area contributed by atoms with E-state index >= 15 is 0 Å². The largest absolute Gasteiger partial charge is 0.478 e. The van der Waals surface area contributed by atoms with Crippen LogP contribution in [0.5, 0.6) is 0 Å². The smallest absolute Gasteiger partial charge is 0.335 e. The molecule has 0 heterocycles. The molecule has 1 atom stereocenters. The van der Waals surface area contributed by atoms with Gasteiger partial charge in [0.2, 0.25) is 0 Å². The molecule has 4 N–H and O–H groups in total. The van der Waals surface area contributed by atoms with E-state index in [0.717, 1.165) is 12.8 Å². The van der Waals surface area contributed by atoms with Crippen molar-refractivity contribution >= 4 is 40.2 Å². The van der Waals surface area contributed by atoms with E-state index in [0.29, 0.717) is 12.2 Å². The summed E-state index contributed by atoms with van der Waals surface area (Å²) >= 11 is 3.73. The van der Waals surface area contributed by atoms with Crippen molar-refractivity contribution in [2.24, 2.45) is 0 Å². The summed E-state index contributed by atoms with van der Waals surface area (Å²) in [5.74, 6) is -1.14. The number of anilines is 2. The lowest BCUT2D eigenvalue weighted by molar-refractivity contribution is 0.0697. The van der Waals surface area contributed by atoms with Gasteiger partial charge in [0, 0.05) is 6.54 Å². The summed E-state index contributed by atoms with van der Waals surface area (Å²) in [6.07, 6.45) is 1.89. The zero-order chi connectivity index (χ0) is 14.4. The molecule has 0 radical (unpaired) electrons. The summed E-state index contributed by atoms with van der Waals surface area (Å²) in [6, 6.07) is 2.61. The van der Waals surface area contributed by atoms with E-state index in [-0.39, 0.29) is 16.3 Å². The predicted molar refractivity (Wildman–Crippen MR) is 76.2 cm³/mol. The standard InChI is InChI=1S/C11H15ClN2O4S/c1-2-3-4-13-8-5-7(11(15)16)6-9(10(8)12)14-19(17)18/h5-6,13-14H,2-4H2,1H3,(H,15,16)(H,17,18). The van der Waals surface area contributed by atoms with Gasteiger partial charge >= 0.3 is 5.97 Å². The highest BCUT2D eigenvalue weighted by molar-refractivity contribution is 7.80. The van der Waals surface area contributed by atoms with Crippen LogP contribution >= 0.6 is 11.6 Å². The topological polar surface area (TPSA) is 98.7 Å². The molecule has 0 aliphatic heterocycles. The van der Waals surface area contributed by atoms with Gasteiger partial charge in [-0.15, -0.1) is 0 Å². The zero-order valence-corrected chi connectivity index (χ0v) is 11.8. The van der Waals surface area contributed by atoms with Crippen LogP contribution in [0.1, 0.15) is 30.1 Å². The number of benzene rings is 1. The molecule has 0 aliphatic carbocycles. The number of carbonyl (C=O) groups is 1. The first-order chi connectivity index (χ1) is 8.95. The van der Waals surface area contributed by atoms with Gasteiger partial charge < -0.3 is 10.4 Å². The van der Waals surface area contributed by atoms with Crippen molar-refractivity contribution in [2.45, 2.75) is 19.8 Å². The Kier molecular flexibility index (Phi) is 6.07. The van der Waals surface area contributed by atoms with Crippen LogP contribution in [0, 0.1) is 0 Å². The van der Waals surface area contributed by atoms with Gasteiger partial charge in [0.25, 0.3) is 11.3 Å². The van der Waals surface area contributed by atoms with E-state index in [1.165, 1.54) is 12.1 Å². The third-order valence-electron chi connectivity index (χ3n) is 2.36. The molecule has 1 rings (SSSR count). The van der Waals surface area contributed by atoms with Gasteiger partial charge in [-0.05, 0) is 18.6 Å². The number of hydrogen-bond donors (Lipinski definition) is 4. The molecule has 106 valence electrons. The van der Waals surface area contributed by atoms with Crippen molar-refractivity contribution in [3.63, 3.8) is 0 Å². The van der Waals surface area contributed by atoms with Crippen LogP contribution in [0.3, 0.4) is 0 Å². The van der Waals surface area contributed by atoms with Gasteiger partial charge in [-0.2, -0.15) is 0 Å². The second-order valence-corrected chi connectivity index (χ2v) is 4.90. The minimum atomic E-state index is -2.32. The summed E-state index contributed by atoms with van der Waals surface area (Å²) < 4.78 is 21.7. The summed E-state index contributed by atoms with van der Waals surface area (Å²) in [5.41, 5.74) is 0.501. The fourth-order valence-electron chi connectivity index (χ4n) is 1.44. The third kappa shape index (κ3) is 4.70. The molecule has 8 heteroatoms. The molecule has 1 aromatic rings. The number of aromatic carboxylic acids is 1. The Bertz CT molecular complexity index is 496. The fourth-order valence-corrected chi connectivity index (χ4v) is 2.07. The average Bonchev–Trinajstić information content (AvgIpc) is 2.33. The van der Waals surface area contributed by atoms with Crippen LogP contribution < -0.4 is 10.0 Å². The van der Waals surface area contributed by atoms with Gasteiger partial charge in [-0.3, -0.25) is 9.27 Å². The molecule has 1 unspecified atom stereocenters. The highest BCUT2D eigenvalue weighted by Gasteiger charge is 2.14. The maximum absolute atomic E-state index is 11.0. The Morgan fingerprint density at radius 3 is 2.58 bits per heavy atom. The molecule has 19 heavy (non-hydrogen) atoms. The number of nitrogens with one attached hydrogen (secondary N) is 2. The molecule has 0 amide bonds. The molecule has 6 nitrogen and oxygen atoms in total. The molecule has 0 saturated carbocycles. The van der Waals surface area contributed by atoms with Crippen molar-refractivity contribution in [2.75, 3.05) is 16.6 Å². The van der Waals surface area contributed by atoms with Gasteiger partial charge in [-0.25, -0.2) is 9.00 Å². The van der Waals surface area contributed by atoms with Crippen LogP contribution in [0.25, 0.3) is 0 Å². The quantitative estimate of drug-likeness (QED) is 0.458. The van der Waals surface area contributed by atoms with Crippen LogP contribution in [0.15, 0.2) is 12.1 Å². The van der Waals surface area contributed by atoms with Crippen molar-refractivity contribution in [1.29, 1.82) is 0 Å². The summed E-state index contributed by atoms with van der Waals surface area (Å²) in [5, 5.41) is 12.2. The van der Waals surface area contributed by atoms with E-state index in [9.17, 15) is 9.00 Å². The van der Waals surface area contributed by atoms with E-state index in [2.05, 4.69) is 10.0 Å². The first kappa shape index (κ1) is 15.7. The van der Waals surface area contributed by atoms with Crippen LogP contribution in [0.2, 0.25) is 5.02 Å². The Hall–Kier alpha value is -1.31. The molecule has 0 spiro atoms. The third-order valence-corrected chi connectivity index (χ3v) is 3.16. The van der Waals surface area contributed by atoms with Crippen LogP contribution in [-0.4, -0.2) is 26.4 Å². The maximum atomic E-state index is 11.0. The molecular formula is C11H15ClN2O4S. The van der Waals surface area contributed by atoms with Gasteiger partial charge in [-0.1, -0.05) is 24.9 Å². The van der Waals surface area contributed by atoms with E-state index in [4.69, 9.17) is 21.3 Å². The monoisotopic (exact) mass is 306 g/mol. The summed E-state index contributed by atoms with van der Waals surface area (Å²) in [7, 11) is 0. The van der Waals surface area contributed by atoms with Crippen LogP contribution in [-0.2, 0) is 11.3 Å². The second kappa shape index (κ2) is 7.32. The molecule has 0 fully saturated rings. The lowest BCUT2D eigenvalue weighted by Gasteiger charge is -2.13. The Morgan fingerprint density at radius 1 is 1.42 bits per heavy atom. The van der Waals surface area contributed by atoms with E-state index < -0.39 is 17.2 Å². The number of hydrogen-bond acceptors (Lipinski definition) is 3. The first-order valence-corrected chi connectivity index (χ1v) is 7.12. The first-order valence-electron chi connectivity index (χ1n) is 5.64. The molecule has 1 aromatic carbocycles. The SMILES string of the molecule is CCCCNc1cc(C(=O)O)cc(NS(=O)O)c1Cl. The highest BCUT2D eigenvalue weighted by atomic mass is 35.5. The van der Waals surface area contributed by atoms with Gasteiger partial charge in [0.05, 0.1) is 22.0 Å². The van der Waals surface area contributed by atoms with Gasteiger partial charge in [0.15, 0.2) is 0 Å². The Labute approximate surface area is 118 Å². The van der Waals surface area contributed by atoms with E-state index in [1.807, 2.05) is 6.92 Å². The van der Waals surface area contributed by atoms with Gasteiger partial charge in [0.1, 0.15) is 0 Å². The predicted octanol–water partition coefficient (Wildman–Crippen LogP) is 2.80. The minimum absolute atomic E-state index is 0.0173. The zero-order valence-electron chi connectivity index (χ0n) is 10.3. The maximum Gasteiger partial charge on any atom is 0.335 e. The molecular weight excluding hydrogens is 292 g/mol. The van der Waals surface area contributed by atoms with Crippen molar-refractivity contribution in [3.05, 3.63) is 22.7 Å². The van der Waals surface area contributed by atoms with Crippen molar-refractivity contribution < 1.29 is 18.7 Å². The number of halogens is 1. The van der Waals surface area contributed by atoms with E-state index in [1.54, 1.807) is 0 Å². The number of unbranched alkanes of at least 4 members (excludes halogenated alkanes) is 1. The minimum Gasteiger partial charge on any atom is -0.478 e. The Balaban J connectivity index is 3.09. The molecule has 0 saturated heterocycles. The average molecular weight is 307 g/mol. The number of carboxylic acid groups (broad SMARTS) is 1. The van der Waals surface area contributed by atoms with Crippen molar-refractivity contribution in [3.8, 4) is 0 Å². The summed E-state index contributed by atoms with van der Waals surface area (Å²) in [4.78, 5) is 11.0. The Morgan fingerprint density at radius 2 is 2.05 bits per heavy atom. The fraction of sp³-hybridized carbons (Fsp3) is 0.364. The lowest BCUT2D eigenvalue weighted by Crippen LogP contribution is -2.08. The molecule has 0 bridgehead atoms. The van der Waals surface area contributed by atoms with Crippen molar-refractivity contribution in [1.82, 2.24) is 0 Å². The highest BCUT2D eigenvalue weighted by Crippen LogP contribution is 2.32.